The van der Waals surface area contributed by atoms with E-state index in [0.717, 1.165) is 36.7 Å². The number of nitrogens with one attached hydrogen (secondary N) is 1. The second-order valence-electron chi connectivity index (χ2n) is 6.13. The van der Waals surface area contributed by atoms with Crippen LogP contribution in [0.2, 0.25) is 0 Å². The van der Waals surface area contributed by atoms with Crippen molar-refractivity contribution in [2.24, 2.45) is 0 Å². The van der Waals surface area contributed by atoms with Gasteiger partial charge in [0.05, 0.1) is 17.7 Å². The van der Waals surface area contributed by atoms with Gasteiger partial charge in [-0.05, 0) is 36.7 Å². The first-order valence-corrected chi connectivity index (χ1v) is 9.04. The first-order chi connectivity index (χ1) is 12.0. The monoisotopic (exact) mass is 359 g/mol. The maximum Gasteiger partial charge on any atom is 0.337 e. The molecule has 1 saturated heterocycles. The minimum atomic E-state index is -1.04. The standard InChI is InChI=1S/C18H21N3O3S/c1-20-6-8-21(9-7-20)13-4-5-16(15(11-13)18(23)24)19-17(22)12-14-3-2-10-25-14/h2-5,10-11H,6-9,12H2,1H3,(H,19,22)(H,23,24). The molecule has 3 rings (SSSR count). The smallest absolute Gasteiger partial charge is 0.337 e. The molecule has 0 unspecified atom stereocenters. The molecule has 1 fully saturated rings. The van der Waals surface area contributed by atoms with Gasteiger partial charge in [-0.1, -0.05) is 6.07 Å². The summed E-state index contributed by atoms with van der Waals surface area (Å²) in [5.41, 5.74) is 1.34. The second kappa shape index (κ2) is 7.67. The molecule has 1 aliphatic rings. The van der Waals surface area contributed by atoms with Crippen LogP contribution in [0.1, 0.15) is 15.2 Å². The number of hydrogen-bond acceptors (Lipinski definition) is 5. The molecule has 0 aliphatic carbocycles. The van der Waals surface area contributed by atoms with Gasteiger partial charge in [0.1, 0.15) is 0 Å². The Hall–Kier alpha value is -2.38. The number of amides is 1. The summed E-state index contributed by atoms with van der Waals surface area (Å²) < 4.78 is 0. The number of carbonyl (C=O) groups is 2. The summed E-state index contributed by atoms with van der Waals surface area (Å²) >= 11 is 1.51. The molecule has 0 radical (unpaired) electrons. The van der Waals surface area contributed by atoms with Gasteiger partial charge < -0.3 is 20.2 Å². The summed E-state index contributed by atoms with van der Waals surface area (Å²) in [6.45, 7) is 3.61. The number of benzene rings is 1. The molecule has 7 heteroatoms. The zero-order valence-corrected chi connectivity index (χ0v) is 14.9. The summed E-state index contributed by atoms with van der Waals surface area (Å²) in [5.74, 6) is -1.25. The van der Waals surface area contributed by atoms with Crippen molar-refractivity contribution < 1.29 is 14.7 Å². The first kappa shape index (κ1) is 17.4. The predicted molar refractivity (Wildman–Crippen MR) is 99.8 cm³/mol. The number of carboxylic acid groups (broad SMARTS) is 1. The zero-order valence-electron chi connectivity index (χ0n) is 14.1. The summed E-state index contributed by atoms with van der Waals surface area (Å²) in [6.07, 6.45) is 0.247. The number of carbonyl (C=O) groups excluding carboxylic acids is 1. The van der Waals surface area contributed by atoms with E-state index in [1.54, 1.807) is 12.1 Å². The largest absolute Gasteiger partial charge is 0.478 e. The maximum absolute atomic E-state index is 12.2. The Balaban J connectivity index is 1.75. The maximum atomic E-state index is 12.2. The third-order valence-electron chi connectivity index (χ3n) is 4.29. The van der Waals surface area contributed by atoms with Gasteiger partial charge >= 0.3 is 5.97 Å². The van der Waals surface area contributed by atoms with E-state index >= 15 is 0 Å². The number of thiophene rings is 1. The fourth-order valence-electron chi connectivity index (χ4n) is 2.85. The van der Waals surface area contributed by atoms with Crippen molar-refractivity contribution in [3.63, 3.8) is 0 Å². The molecule has 0 atom stereocenters. The highest BCUT2D eigenvalue weighted by Gasteiger charge is 2.18. The molecule has 1 aromatic carbocycles. The molecular weight excluding hydrogens is 338 g/mol. The van der Waals surface area contributed by atoms with Crippen LogP contribution in [0.4, 0.5) is 11.4 Å². The number of anilines is 2. The molecule has 0 bridgehead atoms. The fourth-order valence-corrected chi connectivity index (χ4v) is 3.55. The Bertz CT molecular complexity index is 753. The average Bonchev–Trinajstić information content (AvgIpc) is 3.08. The van der Waals surface area contributed by atoms with Crippen molar-refractivity contribution in [3.05, 3.63) is 46.2 Å². The molecule has 2 N–H and O–H groups in total. The molecule has 0 saturated carbocycles. The lowest BCUT2D eigenvalue weighted by Crippen LogP contribution is -2.44. The predicted octanol–water partition coefficient (Wildman–Crippen LogP) is 2.38. The van der Waals surface area contributed by atoms with E-state index in [2.05, 4.69) is 22.2 Å². The zero-order chi connectivity index (χ0) is 17.8. The van der Waals surface area contributed by atoms with E-state index < -0.39 is 5.97 Å². The quantitative estimate of drug-likeness (QED) is 0.858. The molecular formula is C18H21N3O3S. The minimum absolute atomic E-state index is 0.121. The molecule has 2 aromatic rings. The van der Waals surface area contributed by atoms with E-state index in [9.17, 15) is 14.7 Å². The summed E-state index contributed by atoms with van der Waals surface area (Å²) in [5, 5.41) is 14.2. The molecule has 2 heterocycles. The lowest BCUT2D eigenvalue weighted by atomic mass is 10.1. The van der Waals surface area contributed by atoms with Gasteiger partial charge in [0.25, 0.3) is 0 Å². The Morgan fingerprint density at radius 1 is 1.20 bits per heavy atom. The fraction of sp³-hybridized carbons (Fsp3) is 0.333. The van der Waals surface area contributed by atoms with E-state index in [4.69, 9.17) is 0 Å². The third kappa shape index (κ3) is 4.37. The minimum Gasteiger partial charge on any atom is -0.478 e. The van der Waals surface area contributed by atoms with Crippen LogP contribution in [0, 0.1) is 0 Å². The third-order valence-corrected chi connectivity index (χ3v) is 5.17. The van der Waals surface area contributed by atoms with Gasteiger partial charge in [-0.3, -0.25) is 4.79 Å². The van der Waals surface area contributed by atoms with Crippen LogP contribution in [0.5, 0.6) is 0 Å². The molecule has 6 nitrogen and oxygen atoms in total. The Morgan fingerprint density at radius 2 is 1.96 bits per heavy atom. The van der Waals surface area contributed by atoms with Crippen molar-refractivity contribution in [1.82, 2.24) is 4.90 Å². The van der Waals surface area contributed by atoms with Crippen molar-refractivity contribution in [2.45, 2.75) is 6.42 Å². The highest BCUT2D eigenvalue weighted by Crippen LogP contribution is 2.25. The lowest BCUT2D eigenvalue weighted by Gasteiger charge is -2.34. The van der Waals surface area contributed by atoms with Gasteiger partial charge in [-0.25, -0.2) is 4.79 Å². The van der Waals surface area contributed by atoms with Crippen molar-refractivity contribution >= 4 is 34.6 Å². The number of aromatic carboxylic acids is 1. The van der Waals surface area contributed by atoms with E-state index in [1.165, 1.54) is 11.3 Å². The van der Waals surface area contributed by atoms with Gasteiger partial charge in [0.2, 0.25) is 5.91 Å². The molecule has 1 aromatic heterocycles. The highest BCUT2D eigenvalue weighted by atomic mass is 32.1. The van der Waals surface area contributed by atoms with Crippen molar-refractivity contribution in [1.29, 1.82) is 0 Å². The number of carboxylic acids is 1. The Labute approximate surface area is 150 Å². The van der Waals surface area contributed by atoms with Crippen molar-refractivity contribution in [3.8, 4) is 0 Å². The highest BCUT2D eigenvalue weighted by molar-refractivity contribution is 7.10. The van der Waals surface area contributed by atoms with E-state index in [-0.39, 0.29) is 17.9 Å². The van der Waals surface area contributed by atoms with E-state index in [0.29, 0.717) is 5.69 Å². The second-order valence-corrected chi connectivity index (χ2v) is 7.16. The van der Waals surface area contributed by atoms with Crippen LogP contribution < -0.4 is 10.2 Å². The van der Waals surface area contributed by atoms with Crippen LogP contribution in [0.25, 0.3) is 0 Å². The van der Waals surface area contributed by atoms with E-state index in [1.807, 2.05) is 23.6 Å². The number of piperazine rings is 1. The van der Waals surface area contributed by atoms with Gasteiger partial charge in [-0.2, -0.15) is 0 Å². The molecule has 25 heavy (non-hydrogen) atoms. The van der Waals surface area contributed by atoms with Gasteiger partial charge in [0.15, 0.2) is 0 Å². The Morgan fingerprint density at radius 3 is 2.60 bits per heavy atom. The van der Waals surface area contributed by atoms with Gasteiger partial charge in [-0.15, -0.1) is 11.3 Å². The lowest BCUT2D eigenvalue weighted by molar-refractivity contribution is -0.115. The normalized spacial score (nSPS) is 15.2. The summed E-state index contributed by atoms with van der Waals surface area (Å²) in [6, 6.07) is 8.98. The number of nitrogens with zero attached hydrogens (tertiary/aromatic N) is 2. The van der Waals surface area contributed by atoms with Crippen molar-refractivity contribution in [2.75, 3.05) is 43.4 Å². The van der Waals surface area contributed by atoms with Crippen LogP contribution in [0.3, 0.4) is 0 Å². The first-order valence-electron chi connectivity index (χ1n) is 8.16. The molecule has 132 valence electrons. The molecule has 1 aliphatic heterocycles. The number of likely N-dealkylation sites (N-methyl/N-ethyl adjacent to an activating group) is 1. The van der Waals surface area contributed by atoms with Crippen LogP contribution in [0.15, 0.2) is 35.7 Å². The Kier molecular flexibility index (Phi) is 5.35. The topological polar surface area (TPSA) is 72.9 Å². The van der Waals surface area contributed by atoms with Crippen LogP contribution in [-0.4, -0.2) is 55.1 Å². The summed E-state index contributed by atoms with van der Waals surface area (Å²) in [4.78, 5) is 29.2. The summed E-state index contributed by atoms with van der Waals surface area (Å²) in [7, 11) is 2.08. The van der Waals surface area contributed by atoms with Crippen LogP contribution >= 0.6 is 11.3 Å². The molecule has 1 amide bonds. The molecule has 0 spiro atoms. The SMILES string of the molecule is CN1CCN(c2ccc(NC(=O)Cc3cccs3)c(C(=O)O)c2)CC1. The number of hydrogen-bond donors (Lipinski definition) is 2. The average molecular weight is 359 g/mol. The van der Waals surface area contributed by atoms with Gasteiger partial charge in [0, 0.05) is 36.7 Å². The number of rotatable bonds is 5. The van der Waals surface area contributed by atoms with Crippen LogP contribution in [-0.2, 0) is 11.2 Å².